The van der Waals surface area contributed by atoms with Crippen LogP contribution in [-0.4, -0.2) is 22.9 Å². The Morgan fingerprint density at radius 3 is 2.62 bits per heavy atom. The van der Waals surface area contributed by atoms with Gasteiger partial charge < -0.3 is 10.4 Å². The van der Waals surface area contributed by atoms with Crippen molar-refractivity contribution in [3.63, 3.8) is 0 Å². The van der Waals surface area contributed by atoms with Gasteiger partial charge >= 0.3 is 5.97 Å². The van der Waals surface area contributed by atoms with Crippen LogP contribution in [0.5, 0.6) is 0 Å². The zero-order valence-corrected chi connectivity index (χ0v) is 9.68. The minimum atomic E-state index is -1.10. The topological polar surface area (TPSA) is 66.4 Å². The predicted molar refractivity (Wildman–Crippen MR) is 61.0 cm³/mol. The molecule has 0 bridgehead atoms. The van der Waals surface area contributed by atoms with Crippen LogP contribution >= 0.6 is 23.2 Å². The second-order valence-electron chi connectivity index (χ2n) is 2.99. The average Bonchev–Trinajstić information content (AvgIpc) is 2.26. The van der Waals surface area contributed by atoms with E-state index in [4.69, 9.17) is 28.3 Å². The van der Waals surface area contributed by atoms with E-state index >= 15 is 0 Å². The SMILES string of the molecule is O=C(CCl)NCc1cccc(C(=O)O)c1Cl. The highest BCUT2D eigenvalue weighted by atomic mass is 35.5. The molecule has 4 nitrogen and oxygen atoms in total. The Bertz CT molecular complexity index is 421. The molecule has 0 aliphatic heterocycles. The Hall–Kier alpha value is -1.26. The highest BCUT2D eigenvalue weighted by molar-refractivity contribution is 6.34. The Morgan fingerprint density at radius 2 is 2.06 bits per heavy atom. The first-order valence-electron chi connectivity index (χ1n) is 4.39. The number of halogens is 2. The lowest BCUT2D eigenvalue weighted by Gasteiger charge is -2.07. The normalized spacial score (nSPS) is 9.88. The zero-order chi connectivity index (χ0) is 12.1. The van der Waals surface area contributed by atoms with E-state index in [2.05, 4.69) is 5.32 Å². The molecule has 0 atom stereocenters. The van der Waals surface area contributed by atoms with Gasteiger partial charge in [0.1, 0.15) is 5.88 Å². The number of carboxylic acid groups (broad SMARTS) is 1. The summed E-state index contributed by atoms with van der Waals surface area (Å²) in [6.07, 6.45) is 0. The van der Waals surface area contributed by atoms with Gasteiger partial charge in [0, 0.05) is 6.54 Å². The van der Waals surface area contributed by atoms with Gasteiger partial charge in [0.05, 0.1) is 10.6 Å². The van der Waals surface area contributed by atoms with Gasteiger partial charge in [-0.3, -0.25) is 4.79 Å². The van der Waals surface area contributed by atoms with Crippen LogP contribution in [0.15, 0.2) is 18.2 Å². The molecule has 1 amide bonds. The van der Waals surface area contributed by atoms with E-state index in [1.54, 1.807) is 12.1 Å². The van der Waals surface area contributed by atoms with Crippen molar-refractivity contribution in [2.45, 2.75) is 6.54 Å². The lowest BCUT2D eigenvalue weighted by Crippen LogP contribution is -2.24. The maximum Gasteiger partial charge on any atom is 0.337 e. The Morgan fingerprint density at radius 1 is 1.38 bits per heavy atom. The van der Waals surface area contributed by atoms with Gasteiger partial charge in [-0.15, -0.1) is 11.6 Å². The molecule has 0 saturated carbocycles. The van der Waals surface area contributed by atoms with Crippen LogP contribution in [0, 0.1) is 0 Å². The number of carbonyl (C=O) groups is 2. The number of nitrogens with one attached hydrogen (secondary N) is 1. The number of aromatic carboxylic acids is 1. The number of amides is 1. The quantitative estimate of drug-likeness (QED) is 0.814. The van der Waals surface area contributed by atoms with Crippen LogP contribution in [0.4, 0.5) is 0 Å². The fourth-order valence-electron chi connectivity index (χ4n) is 1.12. The number of benzene rings is 1. The van der Waals surface area contributed by atoms with Crippen LogP contribution in [-0.2, 0) is 11.3 Å². The van der Waals surface area contributed by atoms with Crippen molar-refractivity contribution in [2.24, 2.45) is 0 Å². The number of rotatable bonds is 4. The van der Waals surface area contributed by atoms with Crippen molar-refractivity contribution in [1.82, 2.24) is 5.32 Å². The molecule has 0 aliphatic carbocycles. The molecule has 0 unspecified atom stereocenters. The third-order valence-electron chi connectivity index (χ3n) is 1.91. The molecular formula is C10H9Cl2NO3. The molecule has 86 valence electrons. The fraction of sp³-hybridized carbons (Fsp3) is 0.200. The lowest BCUT2D eigenvalue weighted by molar-refractivity contribution is -0.118. The third kappa shape index (κ3) is 3.12. The summed E-state index contributed by atoms with van der Waals surface area (Å²) in [5.74, 6) is -1.58. The average molecular weight is 262 g/mol. The molecule has 1 aromatic rings. The second kappa shape index (κ2) is 5.72. The Kier molecular flexibility index (Phi) is 4.58. The molecule has 2 N–H and O–H groups in total. The molecule has 1 aromatic carbocycles. The van der Waals surface area contributed by atoms with Crippen LogP contribution in [0.1, 0.15) is 15.9 Å². The number of carbonyl (C=O) groups excluding carboxylic acids is 1. The smallest absolute Gasteiger partial charge is 0.337 e. The minimum Gasteiger partial charge on any atom is -0.478 e. The second-order valence-corrected chi connectivity index (χ2v) is 3.64. The van der Waals surface area contributed by atoms with Crippen molar-refractivity contribution >= 4 is 35.1 Å². The van der Waals surface area contributed by atoms with Crippen LogP contribution in [0.2, 0.25) is 5.02 Å². The first-order chi connectivity index (χ1) is 7.56. The summed E-state index contributed by atoms with van der Waals surface area (Å²) in [4.78, 5) is 21.7. The molecule has 6 heteroatoms. The van der Waals surface area contributed by atoms with Gasteiger partial charge in [-0.05, 0) is 11.6 Å². The standard InChI is InChI=1S/C10H9Cl2NO3/c11-4-8(14)13-5-6-2-1-3-7(9(6)12)10(15)16/h1-3H,4-5H2,(H,13,14)(H,15,16). The van der Waals surface area contributed by atoms with Crippen molar-refractivity contribution in [3.8, 4) is 0 Å². The van der Waals surface area contributed by atoms with Gasteiger partial charge in [-0.2, -0.15) is 0 Å². The summed E-state index contributed by atoms with van der Waals surface area (Å²) in [6.45, 7) is 0.158. The zero-order valence-electron chi connectivity index (χ0n) is 8.17. The molecule has 0 radical (unpaired) electrons. The lowest BCUT2D eigenvalue weighted by atomic mass is 10.1. The van der Waals surface area contributed by atoms with Crippen LogP contribution < -0.4 is 5.32 Å². The summed E-state index contributed by atoms with van der Waals surface area (Å²) < 4.78 is 0. The maximum absolute atomic E-state index is 10.9. The monoisotopic (exact) mass is 261 g/mol. The van der Waals surface area contributed by atoms with E-state index in [1.165, 1.54) is 6.07 Å². The largest absolute Gasteiger partial charge is 0.478 e. The van der Waals surface area contributed by atoms with E-state index in [0.717, 1.165) is 0 Å². The summed E-state index contributed by atoms with van der Waals surface area (Å²) >= 11 is 11.2. The third-order valence-corrected chi connectivity index (χ3v) is 2.60. The Labute approximate surface area is 102 Å². The van der Waals surface area contributed by atoms with E-state index in [9.17, 15) is 9.59 Å². The highest BCUT2D eigenvalue weighted by Gasteiger charge is 2.12. The van der Waals surface area contributed by atoms with E-state index in [0.29, 0.717) is 5.56 Å². The number of hydrogen-bond donors (Lipinski definition) is 2. The van der Waals surface area contributed by atoms with Gasteiger partial charge in [0.25, 0.3) is 0 Å². The van der Waals surface area contributed by atoms with E-state index in [-0.39, 0.29) is 28.9 Å². The van der Waals surface area contributed by atoms with Gasteiger partial charge in [0.15, 0.2) is 0 Å². The van der Waals surface area contributed by atoms with Crippen LogP contribution in [0.25, 0.3) is 0 Å². The van der Waals surface area contributed by atoms with Crippen LogP contribution in [0.3, 0.4) is 0 Å². The van der Waals surface area contributed by atoms with E-state index < -0.39 is 5.97 Å². The molecule has 1 rings (SSSR count). The molecule has 0 aliphatic rings. The summed E-state index contributed by atoms with van der Waals surface area (Å²) in [5, 5.41) is 11.5. The van der Waals surface area contributed by atoms with Crippen molar-refractivity contribution in [2.75, 3.05) is 5.88 Å². The molecule has 0 spiro atoms. The summed E-state index contributed by atoms with van der Waals surface area (Å²) in [5.41, 5.74) is 0.555. The van der Waals surface area contributed by atoms with Gasteiger partial charge in [-0.1, -0.05) is 23.7 Å². The molecular weight excluding hydrogens is 253 g/mol. The number of alkyl halides is 1. The number of hydrogen-bond acceptors (Lipinski definition) is 2. The predicted octanol–water partition coefficient (Wildman–Crippen LogP) is 1.89. The fourth-order valence-corrected chi connectivity index (χ4v) is 1.49. The molecule has 16 heavy (non-hydrogen) atoms. The first-order valence-corrected chi connectivity index (χ1v) is 5.31. The first kappa shape index (κ1) is 12.8. The van der Waals surface area contributed by atoms with Gasteiger partial charge in [0.2, 0.25) is 5.91 Å². The van der Waals surface area contributed by atoms with Crippen molar-refractivity contribution in [1.29, 1.82) is 0 Å². The molecule has 0 fully saturated rings. The molecule has 0 aromatic heterocycles. The van der Waals surface area contributed by atoms with Crippen molar-refractivity contribution in [3.05, 3.63) is 34.3 Å². The highest BCUT2D eigenvalue weighted by Crippen LogP contribution is 2.21. The Balaban J connectivity index is 2.85. The molecule has 0 heterocycles. The molecule has 0 saturated heterocycles. The number of carboxylic acids is 1. The van der Waals surface area contributed by atoms with Gasteiger partial charge in [-0.25, -0.2) is 4.79 Å². The summed E-state index contributed by atoms with van der Waals surface area (Å²) in [6, 6.07) is 4.61. The van der Waals surface area contributed by atoms with Crippen molar-refractivity contribution < 1.29 is 14.7 Å². The summed E-state index contributed by atoms with van der Waals surface area (Å²) in [7, 11) is 0. The maximum atomic E-state index is 10.9. The minimum absolute atomic E-state index is 0.0132. The van der Waals surface area contributed by atoms with E-state index in [1.807, 2.05) is 0 Å².